The van der Waals surface area contributed by atoms with E-state index in [0.717, 1.165) is 6.42 Å². The number of hydrogen-bond donors (Lipinski definition) is 3. The van der Waals surface area contributed by atoms with E-state index in [2.05, 4.69) is 21.9 Å². The fourth-order valence-electron chi connectivity index (χ4n) is 12.6. The number of esters is 2. The molecule has 13 nitrogen and oxygen atoms in total. The molecule has 1 saturated heterocycles. The minimum absolute atomic E-state index is 0.0420. The number of hydrogen-bond acceptors (Lipinski definition) is 12. The molecule has 0 radical (unpaired) electrons. The van der Waals surface area contributed by atoms with Gasteiger partial charge in [0.15, 0.2) is 0 Å². The van der Waals surface area contributed by atoms with Crippen LogP contribution in [-0.4, -0.2) is 130 Å². The summed E-state index contributed by atoms with van der Waals surface area (Å²) in [6, 6.07) is 6.17. The largest absolute Gasteiger partial charge is 0.469 e. The third kappa shape index (κ3) is 4.53. The van der Waals surface area contributed by atoms with E-state index in [-0.39, 0.29) is 79.1 Å². The van der Waals surface area contributed by atoms with Gasteiger partial charge in [0.2, 0.25) is 5.91 Å². The fraction of sp³-hybridized carbons (Fsp3) is 0.757. The van der Waals surface area contributed by atoms with Crippen LogP contribution >= 0.6 is 0 Å². The quantitative estimate of drug-likeness (QED) is 0.273. The topological polar surface area (TPSA) is 162 Å². The Morgan fingerprint density at radius 1 is 1.00 bits per heavy atom. The van der Waals surface area contributed by atoms with Crippen molar-refractivity contribution in [3.8, 4) is 0 Å². The zero-order valence-electron chi connectivity index (χ0n) is 29.9. The predicted octanol–water partition coefficient (Wildman–Crippen LogP) is 2.03. The summed E-state index contributed by atoms with van der Waals surface area (Å²) < 4.78 is 35.9. The molecule has 1 spiro atoms. The van der Waals surface area contributed by atoms with E-state index in [9.17, 15) is 24.6 Å². The number of likely N-dealkylation sites (tertiary alicyclic amines) is 1. The Hall–Kier alpha value is -2.65. The summed E-state index contributed by atoms with van der Waals surface area (Å²) in [7, 11) is 7.95. The lowest BCUT2D eigenvalue weighted by Gasteiger charge is -2.70. The molecule has 1 unspecified atom stereocenters. The number of benzene rings is 1. The minimum atomic E-state index is -1.69. The standard InChI is InChI=1S/C37H52N2O11/c1-7-39-18-34(19-50-32(42)20-10-8-9-11-23(20)38-26(40)12-13-27(41)47-4)15-14-25(46-3)36-22-16-21-24(45-2)17-35(43,28(22)29(21)48-5)37(44,33(36)39)31(49-6)30(34)36/h8-11,21-22,24-25,28-31,33,43-44H,7,12-19H2,1-6H3,(H,38,40)/t21-,22-,24+,25+,28-,29+,30-,31-,33?,34+,35-,36+,37-/m0/s1. The zero-order chi connectivity index (χ0) is 35.8. The van der Waals surface area contributed by atoms with Gasteiger partial charge in [0.1, 0.15) is 11.2 Å². The number of anilines is 1. The Labute approximate surface area is 293 Å². The average molecular weight is 701 g/mol. The number of rotatable bonds is 12. The van der Waals surface area contributed by atoms with E-state index in [0.29, 0.717) is 25.9 Å². The molecule has 1 aliphatic heterocycles. The van der Waals surface area contributed by atoms with E-state index < -0.39 is 52.0 Å². The highest BCUT2D eigenvalue weighted by molar-refractivity contribution is 6.01. The van der Waals surface area contributed by atoms with Crippen molar-refractivity contribution in [2.24, 2.45) is 34.5 Å². The second-order valence-electron chi connectivity index (χ2n) is 15.4. The Balaban J connectivity index is 1.27. The van der Waals surface area contributed by atoms with Crippen LogP contribution in [0.15, 0.2) is 24.3 Å². The number of para-hydroxylation sites is 1. The van der Waals surface area contributed by atoms with E-state index in [1.807, 2.05) is 0 Å². The molecule has 6 aliphatic rings. The van der Waals surface area contributed by atoms with Gasteiger partial charge < -0.3 is 44.0 Å². The number of fused-ring (bicyclic) bond motifs is 2. The highest BCUT2D eigenvalue weighted by atomic mass is 16.5. The molecule has 3 N–H and O–H groups in total. The van der Waals surface area contributed by atoms with Crippen molar-refractivity contribution in [1.29, 1.82) is 0 Å². The second kappa shape index (κ2) is 12.8. The van der Waals surface area contributed by atoms with E-state index in [1.165, 1.54) is 7.11 Å². The van der Waals surface area contributed by atoms with Gasteiger partial charge in [-0.25, -0.2) is 4.79 Å². The summed E-state index contributed by atoms with van der Waals surface area (Å²) in [6.45, 7) is 3.25. The Bertz CT molecular complexity index is 1510. The molecule has 0 aromatic heterocycles. The van der Waals surface area contributed by atoms with Crippen molar-refractivity contribution in [2.75, 3.05) is 60.6 Å². The van der Waals surface area contributed by atoms with Crippen molar-refractivity contribution < 1.29 is 53.0 Å². The number of carbonyl (C=O) groups is 3. The Morgan fingerprint density at radius 3 is 2.42 bits per heavy atom. The normalized spacial score (nSPS) is 43.7. The lowest BCUT2D eigenvalue weighted by molar-refractivity contribution is -0.320. The number of carbonyl (C=O) groups excluding carboxylic acids is 3. The lowest BCUT2D eigenvalue weighted by atomic mass is 9.42. The summed E-state index contributed by atoms with van der Waals surface area (Å²) in [5, 5.41) is 29.3. The van der Waals surface area contributed by atoms with Crippen LogP contribution in [0.25, 0.3) is 0 Å². The highest BCUT2D eigenvalue weighted by Crippen LogP contribution is 2.80. The molecule has 5 aliphatic carbocycles. The first-order valence-electron chi connectivity index (χ1n) is 17.9. The van der Waals surface area contributed by atoms with Gasteiger partial charge >= 0.3 is 11.9 Å². The van der Waals surface area contributed by atoms with Crippen LogP contribution in [0.3, 0.4) is 0 Å². The summed E-state index contributed by atoms with van der Waals surface area (Å²) in [5.74, 6) is -2.23. The maximum Gasteiger partial charge on any atom is 0.340 e. The maximum atomic E-state index is 13.9. The van der Waals surface area contributed by atoms with Gasteiger partial charge in [0.05, 0.1) is 61.8 Å². The molecule has 7 rings (SSSR count). The van der Waals surface area contributed by atoms with E-state index in [1.54, 1.807) is 52.7 Å². The third-order valence-corrected chi connectivity index (χ3v) is 14.0. The molecule has 5 saturated carbocycles. The molecule has 6 fully saturated rings. The number of aliphatic hydroxyl groups is 2. The van der Waals surface area contributed by atoms with Crippen LogP contribution in [0.1, 0.15) is 55.8 Å². The number of methoxy groups -OCH3 is 5. The van der Waals surface area contributed by atoms with Crippen molar-refractivity contribution in [3.05, 3.63) is 29.8 Å². The summed E-state index contributed by atoms with van der Waals surface area (Å²) in [6.07, 6.45) is 0.548. The van der Waals surface area contributed by atoms with Gasteiger partial charge in [0, 0.05) is 76.4 Å². The molecular weight excluding hydrogens is 648 g/mol. The molecule has 13 heteroatoms. The van der Waals surface area contributed by atoms with Gasteiger partial charge in [-0.15, -0.1) is 0 Å². The maximum absolute atomic E-state index is 13.9. The van der Waals surface area contributed by atoms with Crippen LogP contribution in [0, 0.1) is 34.5 Å². The first-order chi connectivity index (χ1) is 24.0. The van der Waals surface area contributed by atoms with Crippen molar-refractivity contribution in [3.63, 3.8) is 0 Å². The second-order valence-corrected chi connectivity index (χ2v) is 15.4. The smallest absolute Gasteiger partial charge is 0.340 e. The molecular formula is C37H52N2O11. The Kier molecular flexibility index (Phi) is 9.14. The molecule has 13 atom stereocenters. The number of likely N-dealkylation sites (N-methyl/N-ethyl adjacent to an activating group) is 1. The van der Waals surface area contributed by atoms with Crippen LogP contribution in [0.4, 0.5) is 5.69 Å². The molecule has 1 aromatic rings. The molecule has 276 valence electrons. The van der Waals surface area contributed by atoms with Crippen molar-refractivity contribution in [1.82, 2.24) is 4.90 Å². The van der Waals surface area contributed by atoms with E-state index in [4.69, 9.17) is 23.7 Å². The molecule has 50 heavy (non-hydrogen) atoms. The average Bonchev–Trinajstić information content (AvgIpc) is 3.54. The number of piperidine rings is 1. The van der Waals surface area contributed by atoms with Gasteiger partial charge in [-0.2, -0.15) is 0 Å². The SMILES string of the molecule is CCN1C[C@@]2(COC(=O)c3ccccc3NC(=O)CCC(=O)OC)CC[C@@H](OC)[C@@]34C1[C@@](O)([C@@H](OC)[C@@H]23)[C@]1(O)C[C@@H](OC)[C@@H]2C[C@H]4[C@H]1[C@@H]2OC. The van der Waals surface area contributed by atoms with Crippen LogP contribution in [-0.2, 0) is 38.0 Å². The number of ether oxygens (including phenoxy) is 6. The van der Waals surface area contributed by atoms with Gasteiger partial charge in [-0.3, -0.25) is 14.5 Å². The minimum Gasteiger partial charge on any atom is -0.469 e. The zero-order valence-corrected chi connectivity index (χ0v) is 29.9. The molecule has 1 amide bonds. The van der Waals surface area contributed by atoms with Gasteiger partial charge in [0.25, 0.3) is 0 Å². The summed E-state index contributed by atoms with van der Waals surface area (Å²) in [5.41, 5.74) is -4.06. The van der Waals surface area contributed by atoms with Gasteiger partial charge in [-0.1, -0.05) is 19.1 Å². The van der Waals surface area contributed by atoms with Crippen molar-refractivity contribution in [2.45, 2.75) is 87.1 Å². The van der Waals surface area contributed by atoms with Crippen LogP contribution in [0.5, 0.6) is 0 Å². The number of nitrogens with one attached hydrogen (secondary N) is 1. The summed E-state index contributed by atoms with van der Waals surface area (Å²) in [4.78, 5) is 40.5. The molecule has 1 aromatic carbocycles. The molecule has 7 bridgehead atoms. The lowest BCUT2D eigenvalue weighted by Crippen LogP contribution is -2.82. The third-order valence-electron chi connectivity index (χ3n) is 14.0. The number of amides is 1. The number of nitrogens with zero attached hydrogens (tertiary/aromatic N) is 1. The first-order valence-corrected chi connectivity index (χ1v) is 17.9. The van der Waals surface area contributed by atoms with Gasteiger partial charge in [-0.05, 0) is 43.9 Å². The van der Waals surface area contributed by atoms with Crippen LogP contribution in [0.2, 0.25) is 0 Å². The van der Waals surface area contributed by atoms with Crippen LogP contribution < -0.4 is 5.32 Å². The molecule has 1 heterocycles. The fourth-order valence-corrected chi connectivity index (χ4v) is 12.6. The summed E-state index contributed by atoms with van der Waals surface area (Å²) >= 11 is 0. The van der Waals surface area contributed by atoms with E-state index >= 15 is 0 Å². The first kappa shape index (κ1) is 35.7. The highest BCUT2D eigenvalue weighted by Gasteiger charge is 2.91. The predicted molar refractivity (Wildman–Crippen MR) is 178 cm³/mol. The monoisotopic (exact) mass is 700 g/mol. The van der Waals surface area contributed by atoms with Crippen molar-refractivity contribution >= 4 is 23.5 Å². The Morgan fingerprint density at radius 2 is 1.76 bits per heavy atom.